The molecule has 0 aliphatic rings. The summed E-state index contributed by atoms with van der Waals surface area (Å²) in [4.78, 5) is 46.1. The number of allylic oxidation sites excluding steroid dienone is 13. The number of carboxylic acids is 1. The van der Waals surface area contributed by atoms with Crippen LogP contribution in [0.5, 0.6) is 0 Å². The first-order valence-electron chi connectivity index (χ1n) is 26.1. The molecule has 0 bridgehead atoms. The Kier molecular flexibility index (Phi) is 46.6. The molecule has 0 aliphatic carbocycles. The number of esters is 1. The predicted octanol–water partition coefficient (Wildman–Crippen LogP) is 14.6. The zero-order chi connectivity index (χ0) is 49.2. The summed E-state index contributed by atoms with van der Waals surface area (Å²) in [7, 11) is -4.79. The first kappa shape index (κ1) is 63.7. The van der Waals surface area contributed by atoms with Crippen molar-refractivity contribution in [3.8, 4) is 0 Å². The van der Waals surface area contributed by atoms with E-state index in [9.17, 15) is 34.1 Å². The van der Waals surface area contributed by atoms with Gasteiger partial charge in [-0.25, -0.2) is 9.36 Å². The molecule has 0 aromatic heterocycles. The van der Waals surface area contributed by atoms with E-state index in [0.29, 0.717) is 12.8 Å². The number of carbonyl (C=O) groups is 3. The maximum Gasteiger partial charge on any atom is 0.472 e. The molecule has 0 saturated heterocycles. The first-order valence-corrected chi connectivity index (χ1v) is 27.6. The predicted molar refractivity (Wildman–Crippen MR) is 277 cm³/mol. The van der Waals surface area contributed by atoms with Gasteiger partial charge in [0.05, 0.1) is 13.2 Å². The van der Waals surface area contributed by atoms with Crippen LogP contribution < -0.4 is 5.32 Å². The SMILES string of the molecule is CC/C=C\C/C=C\C/C=C\C/C=C\C/C=C\C/C=C\C/C=C\CC(=O)NC(COP(=O)(O)OCC(O)COC(=O)CCCCCCCCCCCCCCCCCCCCCCCC)C(=O)O. The molecule has 0 saturated carbocycles. The van der Waals surface area contributed by atoms with Gasteiger partial charge in [0.15, 0.2) is 6.04 Å². The number of phosphoric ester groups is 1. The summed E-state index contributed by atoms with van der Waals surface area (Å²) in [5.41, 5.74) is 0. The van der Waals surface area contributed by atoms with E-state index >= 15 is 0 Å². The summed E-state index contributed by atoms with van der Waals surface area (Å²) in [5, 5.41) is 21.8. The van der Waals surface area contributed by atoms with E-state index in [1.54, 1.807) is 12.2 Å². The molecule has 67 heavy (non-hydrogen) atoms. The third-order valence-corrected chi connectivity index (χ3v) is 11.9. The highest BCUT2D eigenvalue weighted by Gasteiger charge is 2.28. The van der Waals surface area contributed by atoms with Crippen LogP contribution in [-0.4, -0.2) is 64.9 Å². The van der Waals surface area contributed by atoms with Gasteiger partial charge in [-0.15, -0.1) is 0 Å². The van der Waals surface area contributed by atoms with E-state index in [1.807, 2.05) is 12.2 Å². The lowest BCUT2D eigenvalue weighted by atomic mass is 10.0. The minimum atomic E-state index is -4.79. The molecule has 0 fully saturated rings. The van der Waals surface area contributed by atoms with E-state index in [2.05, 4.69) is 79.9 Å². The Morgan fingerprint density at radius 2 is 0.836 bits per heavy atom. The number of aliphatic carboxylic acids is 1. The molecular weight excluding hydrogens is 866 g/mol. The number of carboxylic acid groups (broad SMARTS) is 1. The second-order valence-electron chi connectivity index (χ2n) is 17.4. The maximum absolute atomic E-state index is 12.3. The zero-order valence-electron chi connectivity index (χ0n) is 41.9. The van der Waals surface area contributed by atoms with Gasteiger partial charge >= 0.3 is 19.8 Å². The van der Waals surface area contributed by atoms with Crippen LogP contribution in [0.1, 0.15) is 213 Å². The largest absolute Gasteiger partial charge is 0.480 e. The number of ether oxygens (including phenoxy) is 1. The summed E-state index contributed by atoms with van der Waals surface area (Å²) in [6, 6.07) is -1.61. The normalized spacial score (nSPS) is 14.2. The summed E-state index contributed by atoms with van der Waals surface area (Å²) in [6.07, 6.45) is 62.2. The number of carbonyl (C=O) groups excluding carboxylic acids is 2. The van der Waals surface area contributed by atoms with Crippen LogP contribution in [0.25, 0.3) is 0 Å². The molecule has 0 heterocycles. The number of phosphoric acid groups is 1. The molecule has 384 valence electrons. The Balaban J connectivity index is 3.92. The van der Waals surface area contributed by atoms with Gasteiger partial charge in [-0.05, 0) is 51.4 Å². The van der Waals surface area contributed by atoms with Crippen molar-refractivity contribution in [2.75, 3.05) is 19.8 Å². The number of nitrogens with one attached hydrogen (secondary N) is 1. The highest BCUT2D eigenvalue weighted by Crippen LogP contribution is 2.43. The van der Waals surface area contributed by atoms with E-state index in [4.69, 9.17) is 13.8 Å². The number of amides is 1. The molecule has 0 aliphatic heterocycles. The quantitative estimate of drug-likeness (QED) is 0.0199. The number of hydrogen-bond acceptors (Lipinski definition) is 8. The zero-order valence-corrected chi connectivity index (χ0v) is 42.8. The highest BCUT2D eigenvalue weighted by atomic mass is 31.2. The smallest absolute Gasteiger partial charge is 0.472 e. The number of rotatable bonds is 48. The van der Waals surface area contributed by atoms with Crippen molar-refractivity contribution in [3.63, 3.8) is 0 Å². The lowest BCUT2D eigenvalue weighted by molar-refractivity contribution is -0.147. The highest BCUT2D eigenvalue weighted by molar-refractivity contribution is 7.47. The lowest BCUT2D eigenvalue weighted by Crippen LogP contribution is -2.43. The van der Waals surface area contributed by atoms with Gasteiger partial charge in [0.1, 0.15) is 12.7 Å². The van der Waals surface area contributed by atoms with E-state index < -0.39 is 57.6 Å². The summed E-state index contributed by atoms with van der Waals surface area (Å²) < 4.78 is 26.9. The number of aliphatic hydroxyl groups excluding tert-OH is 1. The van der Waals surface area contributed by atoms with Gasteiger partial charge in [0.25, 0.3) is 0 Å². The van der Waals surface area contributed by atoms with Crippen LogP contribution in [0, 0.1) is 0 Å². The number of unbranched alkanes of at least 4 members (excludes halogenated alkanes) is 21. The van der Waals surface area contributed by atoms with Crippen molar-refractivity contribution >= 4 is 25.7 Å². The average Bonchev–Trinajstić information content (AvgIpc) is 3.31. The van der Waals surface area contributed by atoms with Gasteiger partial charge in [-0.3, -0.25) is 18.6 Å². The molecule has 0 aromatic rings. The van der Waals surface area contributed by atoms with Crippen LogP contribution in [0.2, 0.25) is 0 Å². The molecule has 11 nitrogen and oxygen atoms in total. The van der Waals surface area contributed by atoms with Crippen molar-refractivity contribution in [3.05, 3.63) is 85.1 Å². The molecule has 12 heteroatoms. The Bertz CT molecular complexity index is 1450. The molecule has 0 radical (unpaired) electrons. The van der Waals surface area contributed by atoms with E-state index in [0.717, 1.165) is 57.8 Å². The van der Waals surface area contributed by atoms with Crippen LogP contribution in [0.4, 0.5) is 0 Å². The van der Waals surface area contributed by atoms with Gasteiger partial charge < -0.3 is 25.2 Å². The summed E-state index contributed by atoms with van der Waals surface area (Å²) in [6.45, 7) is 2.44. The van der Waals surface area contributed by atoms with Crippen LogP contribution >= 0.6 is 7.82 Å². The second-order valence-corrected chi connectivity index (χ2v) is 18.8. The van der Waals surface area contributed by atoms with E-state index in [1.165, 1.54) is 116 Å². The van der Waals surface area contributed by atoms with Gasteiger partial charge in [-0.1, -0.05) is 234 Å². The van der Waals surface area contributed by atoms with Gasteiger partial charge in [-0.2, -0.15) is 0 Å². The molecule has 4 N–H and O–H groups in total. The summed E-state index contributed by atoms with van der Waals surface area (Å²) in [5.74, 6) is -2.55. The Morgan fingerprint density at radius 3 is 1.21 bits per heavy atom. The molecule has 3 unspecified atom stereocenters. The van der Waals surface area contributed by atoms with Crippen molar-refractivity contribution in [1.29, 1.82) is 0 Å². The number of aliphatic hydroxyl groups is 1. The fourth-order valence-corrected chi connectivity index (χ4v) is 7.76. The fraction of sp³-hybridized carbons (Fsp3) is 0.691. The lowest BCUT2D eigenvalue weighted by Gasteiger charge is -2.18. The third kappa shape index (κ3) is 48.9. The number of hydrogen-bond donors (Lipinski definition) is 4. The third-order valence-electron chi connectivity index (χ3n) is 11.0. The van der Waals surface area contributed by atoms with Crippen LogP contribution in [-0.2, 0) is 32.7 Å². The maximum atomic E-state index is 12.3. The van der Waals surface area contributed by atoms with Crippen molar-refractivity contribution < 1.29 is 47.8 Å². The van der Waals surface area contributed by atoms with Gasteiger partial charge in [0.2, 0.25) is 5.91 Å². The Hall–Kier alpha value is -3.34. The average molecular weight is 960 g/mol. The second kappa shape index (κ2) is 49.1. The molecule has 3 atom stereocenters. The van der Waals surface area contributed by atoms with Gasteiger partial charge in [0, 0.05) is 12.8 Å². The standard InChI is InChI=1S/C55H94NO10P/c1-3-5-7-9-11-13-15-17-19-21-23-25-27-29-31-33-35-37-39-41-43-45-47-54(59)64-48-51(57)49-65-67(62,63)66-50-52(55(60)61)56-53(58)46-44-42-40-38-36-34-32-30-28-26-24-22-20-18-16-14-12-10-8-6-4-2/h6,8,12,14,18,20,24,26,30,32,36,38,42,44,51-52,57H,3-5,7,9-11,13,15-17,19,21-23,25,27-29,31,33-35,37,39-41,43,45-50H2,1-2H3,(H,56,58)(H,60,61)(H,62,63)/b8-6-,14-12-,20-18-,26-24-,32-30-,38-36-,44-42-. The first-order chi connectivity index (χ1) is 32.6. The molecule has 1 amide bonds. The Labute approximate surface area is 407 Å². The minimum absolute atomic E-state index is 0.0930. The van der Waals surface area contributed by atoms with Crippen molar-refractivity contribution in [2.45, 2.75) is 225 Å². The van der Waals surface area contributed by atoms with Crippen LogP contribution in [0.15, 0.2) is 85.1 Å². The molecule has 0 spiro atoms. The minimum Gasteiger partial charge on any atom is -0.480 e. The molecular formula is C55H94NO10P. The van der Waals surface area contributed by atoms with Crippen LogP contribution in [0.3, 0.4) is 0 Å². The molecule has 0 rings (SSSR count). The monoisotopic (exact) mass is 960 g/mol. The summed E-state index contributed by atoms with van der Waals surface area (Å²) >= 11 is 0. The molecule has 0 aromatic carbocycles. The Morgan fingerprint density at radius 1 is 0.493 bits per heavy atom. The van der Waals surface area contributed by atoms with E-state index in [-0.39, 0.29) is 12.8 Å². The van der Waals surface area contributed by atoms with Crippen molar-refractivity contribution in [2.24, 2.45) is 0 Å². The van der Waals surface area contributed by atoms with Crippen molar-refractivity contribution in [1.82, 2.24) is 5.32 Å². The fourth-order valence-electron chi connectivity index (χ4n) is 6.98. The topological polar surface area (TPSA) is 169 Å².